The molecule has 5 atom stereocenters. The zero-order valence-electron chi connectivity index (χ0n) is 24.2. The fourth-order valence-corrected chi connectivity index (χ4v) is 5.57. The SMILES string of the molecule is COCOC1=CC(=O)C2=C[C@@H](C(=O)OC)[C@@H](C(=O)OC)[C@@H]3c4cc(OCOC)c(OCOC)cc4O[C@@]1(OCOC)[C@H]23. The van der Waals surface area contributed by atoms with E-state index in [4.69, 9.17) is 52.1 Å². The number of ether oxygens (including phenoxy) is 11. The largest absolute Gasteiger partial charge is 0.469 e. The fourth-order valence-electron chi connectivity index (χ4n) is 5.57. The van der Waals surface area contributed by atoms with Crippen LogP contribution in [-0.4, -0.2) is 93.3 Å². The monoisotopic (exact) mass is 594 g/mol. The summed E-state index contributed by atoms with van der Waals surface area (Å²) in [5, 5.41) is 0. The Labute approximate surface area is 242 Å². The molecule has 0 saturated carbocycles. The third-order valence-electron chi connectivity index (χ3n) is 7.16. The van der Waals surface area contributed by atoms with Crippen LogP contribution in [0.5, 0.6) is 17.2 Å². The molecule has 4 rings (SSSR count). The van der Waals surface area contributed by atoms with Crippen molar-refractivity contribution in [3.8, 4) is 17.2 Å². The fraction of sp³-hybridized carbons (Fsp3) is 0.536. The summed E-state index contributed by atoms with van der Waals surface area (Å²) >= 11 is 0. The van der Waals surface area contributed by atoms with Gasteiger partial charge in [0.25, 0.3) is 5.79 Å². The van der Waals surface area contributed by atoms with Gasteiger partial charge in [0.2, 0.25) is 0 Å². The van der Waals surface area contributed by atoms with Gasteiger partial charge in [0, 0.05) is 57.6 Å². The third-order valence-corrected chi connectivity index (χ3v) is 7.16. The Hall–Kier alpha value is -3.69. The van der Waals surface area contributed by atoms with Gasteiger partial charge in [0.1, 0.15) is 5.75 Å². The van der Waals surface area contributed by atoms with Crippen LogP contribution in [0.4, 0.5) is 0 Å². The summed E-state index contributed by atoms with van der Waals surface area (Å²) in [6, 6.07) is 3.12. The zero-order chi connectivity index (χ0) is 30.4. The predicted molar refractivity (Wildman–Crippen MR) is 139 cm³/mol. The number of hydrogen-bond acceptors (Lipinski definition) is 14. The Morgan fingerprint density at radius 3 is 2.00 bits per heavy atom. The predicted octanol–water partition coefficient (Wildman–Crippen LogP) is 1.67. The second-order valence-corrected chi connectivity index (χ2v) is 9.41. The van der Waals surface area contributed by atoms with Gasteiger partial charge < -0.3 is 52.1 Å². The average molecular weight is 595 g/mol. The van der Waals surface area contributed by atoms with Gasteiger partial charge in [-0.2, -0.15) is 0 Å². The summed E-state index contributed by atoms with van der Waals surface area (Å²) < 4.78 is 60.8. The van der Waals surface area contributed by atoms with Crippen molar-refractivity contribution < 1.29 is 66.5 Å². The van der Waals surface area contributed by atoms with E-state index in [1.807, 2.05) is 0 Å². The number of rotatable bonds is 14. The van der Waals surface area contributed by atoms with Crippen LogP contribution in [0, 0.1) is 17.8 Å². The first-order valence-corrected chi connectivity index (χ1v) is 12.8. The number of methoxy groups -OCH3 is 6. The van der Waals surface area contributed by atoms with Crippen molar-refractivity contribution >= 4 is 17.7 Å². The molecule has 1 aliphatic heterocycles. The standard InChI is InChI=1S/C28H34O14/c1-32-11-38-20-8-16-19(10-21(20)39-12-33-2)42-28(41-14-35-4)22(40-13-34-3)9-18(29)15-7-17(26(30)36-5)24(27(31)37-6)23(16)25(15)28/h7-10,17,23-25H,11-14H2,1-6H3/t17-,23+,24-,25-,28-/m1/s1. The lowest BCUT2D eigenvalue weighted by molar-refractivity contribution is -0.262. The smallest absolute Gasteiger partial charge is 0.313 e. The van der Waals surface area contributed by atoms with Gasteiger partial charge in [-0.05, 0) is 6.07 Å². The van der Waals surface area contributed by atoms with E-state index in [9.17, 15) is 14.4 Å². The maximum atomic E-state index is 13.6. The molecule has 42 heavy (non-hydrogen) atoms. The van der Waals surface area contributed by atoms with Gasteiger partial charge in [-0.15, -0.1) is 0 Å². The molecule has 0 radical (unpaired) electrons. The highest BCUT2D eigenvalue weighted by Gasteiger charge is 2.65. The van der Waals surface area contributed by atoms with Crippen molar-refractivity contribution in [3.63, 3.8) is 0 Å². The van der Waals surface area contributed by atoms with Crippen LogP contribution in [0.25, 0.3) is 0 Å². The van der Waals surface area contributed by atoms with Gasteiger partial charge in [-0.3, -0.25) is 14.4 Å². The van der Waals surface area contributed by atoms with Crippen molar-refractivity contribution in [1.29, 1.82) is 0 Å². The van der Waals surface area contributed by atoms with E-state index in [0.717, 1.165) is 0 Å². The van der Waals surface area contributed by atoms with Gasteiger partial charge in [0.15, 0.2) is 50.2 Å². The number of benzene rings is 1. The lowest BCUT2D eigenvalue weighted by Crippen LogP contribution is -2.61. The summed E-state index contributed by atoms with van der Waals surface area (Å²) in [5.74, 6) is -7.51. The van der Waals surface area contributed by atoms with Crippen LogP contribution in [0.2, 0.25) is 0 Å². The number of allylic oxidation sites excluding steroid dienone is 1. The van der Waals surface area contributed by atoms with Crippen molar-refractivity contribution in [2.75, 3.05) is 69.8 Å². The van der Waals surface area contributed by atoms with E-state index >= 15 is 0 Å². The third kappa shape index (κ3) is 5.55. The van der Waals surface area contributed by atoms with Gasteiger partial charge in [-0.25, -0.2) is 0 Å². The first kappa shape index (κ1) is 31.3. The Morgan fingerprint density at radius 1 is 0.810 bits per heavy atom. The molecule has 1 aromatic rings. The number of fused-ring (bicyclic) bond motifs is 2. The maximum absolute atomic E-state index is 13.6. The molecule has 0 amide bonds. The number of ketones is 1. The van der Waals surface area contributed by atoms with Crippen molar-refractivity contribution in [3.05, 3.63) is 41.2 Å². The highest BCUT2D eigenvalue weighted by Crippen LogP contribution is 2.61. The molecule has 0 saturated heterocycles. The molecular formula is C28H34O14. The number of carbonyl (C=O) groups excluding carboxylic acids is 3. The number of esters is 2. The quantitative estimate of drug-likeness (QED) is 0.227. The number of carbonyl (C=O) groups is 3. The lowest BCUT2D eigenvalue weighted by Gasteiger charge is -2.53. The molecule has 1 heterocycles. The molecule has 0 N–H and O–H groups in total. The molecule has 1 aromatic carbocycles. The highest BCUT2D eigenvalue weighted by molar-refractivity contribution is 6.07. The normalized spacial score (nSPS) is 25.6. The molecule has 0 bridgehead atoms. The average Bonchev–Trinajstić information content (AvgIpc) is 3.01. The van der Waals surface area contributed by atoms with E-state index in [1.165, 1.54) is 60.9 Å². The van der Waals surface area contributed by atoms with E-state index in [2.05, 4.69) is 0 Å². The second kappa shape index (κ2) is 13.5. The Bertz CT molecular complexity index is 1240. The zero-order valence-corrected chi connectivity index (χ0v) is 24.2. The van der Waals surface area contributed by atoms with Crippen LogP contribution in [0.3, 0.4) is 0 Å². The Morgan fingerprint density at radius 2 is 1.40 bits per heavy atom. The highest BCUT2D eigenvalue weighted by atomic mass is 16.8. The topological polar surface area (TPSA) is 153 Å². The Kier molecular flexibility index (Phi) is 10.1. The second-order valence-electron chi connectivity index (χ2n) is 9.41. The van der Waals surface area contributed by atoms with Gasteiger partial charge in [0.05, 0.1) is 32.0 Å². The molecule has 14 heteroatoms. The van der Waals surface area contributed by atoms with Crippen LogP contribution >= 0.6 is 0 Å². The minimum atomic E-state index is -1.84. The van der Waals surface area contributed by atoms with Crippen LogP contribution in [0.15, 0.2) is 35.6 Å². The van der Waals surface area contributed by atoms with Crippen molar-refractivity contribution in [2.24, 2.45) is 17.8 Å². The number of hydrogen-bond donors (Lipinski definition) is 0. The van der Waals surface area contributed by atoms with Crippen molar-refractivity contribution in [1.82, 2.24) is 0 Å². The van der Waals surface area contributed by atoms with Crippen LogP contribution in [0.1, 0.15) is 11.5 Å². The molecule has 0 spiro atoms. The van der Waals surface area contributed by atoms with Gasteiger partial charge >= 0.3 is 11.9 Å². The minimum Gasteiger partial charge on any atom is -0.469 e. The van der Waals surface area contributed by atoms with E-state index in [1.54, 1.807) is 6.07 Å². The summed E-state index contributed by atoms with van der Waals surface area (Å²) in [7, 11) is 8.13. The molecule has 2 aliphatic carbocycles. The first-order chi connectivity index (χ1) is 20.3. The van der Waals surface area contributed by atoms with Gasteiger partial charge in [-0.1, -0.05) is 6.08 Å². The minimum absolute atomic E-state index is 0.0246. The van der Waals surface area contributed by atoms with E-state index in [-0.39, 0.29) is 55.8 Å². The Balaban J connectivity index is 2.06. The molecule has 0 fully saturated rings. The molecular weight excluding hydrogens is 560 g/mol. The first-order valence-electron chi connectivity index (χ1n) is 12.8. The van der Waals surface area contributed by atoms with E-state index < -0.39 is 47.2 Å². The summed E-state index contributed by atoms with van der Waals surface area (Å²) in [4.78, 5) is 40.2. The molecule has 230 valence electrons. The lowest BCUT2D eigenvalue weighted by atomic mass is 9.58. The van der Waals surface area contributed by atoms with E-state index in [0.29, 0.717) is 5.56 Å². The maximum Gasteiger partial charge on any atom is 0.313 e. The van der Waals surface area contributed by atoms with Crippen molar-refractivity contribution in [2.45, 2.75) is 11.7 Å². The molecule has 0 aromatic heterocycles. The molecule has 3 aliphatic rings. The molecule has 14 nitrogen and oxygen atoms in total. The summed E-state index contributed by atoms with van der Waals surface area (Å²) in [5.41, 5.74) is 0.560. The van der Waals surface area contributed by atoms with Crippen LogP contribution < -0.4 is 14.2 Å². The van der Waals surface area contributed by atoms with Crippen LogP contribution in [-0.2, 0) is 52.3 Å². The summed E-state index contributed by atoms with van der Waals surface area (Å²) in [6.45, 7) is -0.803. The summed E-state index contributed by atoms with van der Waals surface area (Å²) in [6.07, 6.45) is 2.60. The molecule has 0 unspecified atom stereocenters.